The van der Waals surface area contributed by atoms with E-state index in [9.17, 15) is 4.79 Å². The number of carbonyl (C=O) groups is 1. The molecule has 0 radical (unpaired) electrons. The molecular weight excluding hydrogens is 314 g/mol. The number of piperidine rings is 1. The molecule has 4 rings (SSSR count). The number of nitrogens with zero attached hydrogens (tertiary/aromatic N) is 5. The molecule has 1 amide bonds. The molecule has 1 aromatic carbocycles. The zero-order chi connectivity index (χ0) is 17.2. The molecule has 2 atom stereocenters. The Balaban J connectivity index is 1.47. The third kappa shape index (κ3) is 3.31. The molecule has 2 aromatic rings. The number of rotatable bonds is 4. The Morgan fingerprint density at radius 2 is 2.16 bits per heavy atom. The molecule has 1 aromatic heterocycles. The minimum absolute atomic E-state index is 0.211. The zero-order valence-electron chi connectivity index (χ0n) is 14.7. The summed E-state index contributed by atoms with van der Waals surface area (Å²) in [5, 5.41) is 4.23. The van der Waals surface area contributed by atoms with Crippen molar-refractivity contribution < 1.29 is 4.79 Å². The van der Waals surface area contributed by atoms with Crippen LogP contribution in [0.15, 0.2) is 36.9 Å². The summed E-state index contributed by atoms with van der Waals surface area (Å²) < 4.78 is 1.88. The van der Waals surface area contributed by atoms with Gasteiger partial charge >= 0.3 is 0 Å². The van der Waals surface area contributed by atoms with Crippen molar-refractivity contribution in [1.82, 2.24) is 19.7 Å². The average Bonchev–Trinajstić information content (AvgIpc) is 3.23. The number of hydrogen-bond donors (Lipinski definition) is 0. The Morgan fingerprint density at radius 1 is 1.28 bits per heavy atom. The van der Waals surface area contributed by atoms with Crippen LogP contribution in [0.3, 0.4) is 0 Å². The first-order valence-corrected chi connectivity index (χ1v) is 9.19. The van der Waals surface area contributed by atoms with Crippen LogP contribution in [-0.2, 0) is 17.8 Å². The van der Waals surface area contributed by atoms with Crippen molar-refractivity contribution in [2.75, 3.05) is 18.0 Å². The highest BCUT2D eigenvalue weighted by Crippen LogP contribution is 2.32. The number of aromatic nitrogens is 3. The lowest BCUT2D eigenvalue weighted by Crippen LogP contribution is -2.49. The predicted molar refractivity (Wildman–Crippen MR) is 96.3 cm³/mol. The molecule has 132 valence electrons. The fourth-order valence-corrected chi connectivity index (χ4v) is 4.21. The smallest absolute Gasteiger partial charge is 0.241 e. The summed E-state index contributed by atoms with van der Waals surface area (Å²) in [5.74, 6) is 0.211. The molecule has 6 heteroatoms. The molecule has 0 spiro atoms. The summed E-state index contributed by atoms with van der Waals surface area (Å²) >= 11 is 0. The van der Waals surface area contributed by atoms with E-state index in [2.05, 4.69) is 40.1 Å². The summed E-state index contributed by atoms with van der Waals surface area (Å²) in [7, 11) is 0. The largest absolute Gasteiger partial charge is 0.308 e. The number of amides is 1. The summed E-state index contributed by atoms with van der Waals surface area (Å²) in [4.78, 5) is 21.4. The van der Waals surface area contributed by atoms with Crippen molar-refractivity contribution in [3.05, 3.63) is 42.5 Å². The lowest BCUT2D eigenvalue weighted by atomic mass is 10.0. The summed E-state index contributed by atoms with van der Waals surface area (Å²) in [6, 6.07) is 8.87. The lowest BCUT2D eigenvalue weighted by Gasteiger charge is -2.36. The van der Waals surface area contributed by atoms with Crippen LogP contribution in [0.5, 0.6) is 0 Å². The summed E-state index contributed by atoms with van der Waals surface area (Å²) in [5.41, 5.74) is 2.37. The van der Waals surface area contributed by atoms with Crippen LogP contribution in [0.1, 0.15) is 31.7 Å². The van der Waals surface area contributed by atoms with Crippen molar-refractivity contribution in [2.45, 2.75) is 51.2 Å². The van der Waals surface area contributed by atoms with E-state index in [1.54, 1.807) is 12.7 Å². The van der Waals surface area contributed by atoms with E-state index in [1.807, 2.05) is 15.6 Å². The van der Waals surface area contributed by atoms with Crippen molar-refractivity contribution in [3.63, 3.8) is 0 Å². The van der Waals surface area contributed by atoms with Gasteiger partial charge in [-0.3, -0.25) is 14.4 Å². The van der Waals surface area contributed by atoms with Crippen LogP contribution >= 0.6 is 0 Å². The van der Waals surface area contributed by atoms with Gasteiger partial charge in [-0.2, -0.15) is 5.10 Å². The molecule has 0 aliphatic carbocycles. The highest BCUT2D eigenvalue weighted by molar-refractivity contribution is 5.97. The molecule has 0 N–H and O–H groups in total. The van der Waals surface area contributed by atoms with Crippen molar-refractivity contribution in [3.8, 4) is 0 Å². The van der Waals surface area contributed by atoms with Crippen LogP contribution < -0.4 is 4.90 Å². The molecule has 0 saturated carbocycles. The SMILES string of the molecule is C[C@H]1Cc2ccccc2N1C(=O)CN1CCCC[C@@H]1Cn1cncn1. The van der Waals surface area contributed by atoms with Gasteiger partial charge in [0.2, 0.25) is 5.91 Å². The van der Waals surface area contributed by atoms with Gasteiger partial charge in [0.25, 0.3) is 0 Å². The fraction of sp³-hybridized carbons (Fsp3) is 0.526. The van der Waals surface area contributed by atoms with Gasteiger partial charge in [0.15, 0.2) is 0 Å². The topological polar surface area (TPSA) is 54.3 Å². The van der Waals surface area contributed by atoms with Crippen molar-refractivity contribution >= 4 is 11.6 Å². The molecule has 6 nitrogen and oxygen atoms in total. The minimum Gasteiger partial charge on any atom is -0.308 e. The van der Waals surface area contributed by atoms with Gasteiger partial charge in [0.05, 0.1) is 13.1 Å². The molecule has 0 unspecified atom stereocenters. The van der Waals surface area contributed by atoms with Crippen LogP contribution in [0, 0.1) is 0 Å². The molecule has 1 saturated heterocycles. The molecule has 25 heavy (non-hydrogen) atoms. The van der Waals surface area contributed by atoms with E-state index in [0.29, 0.717) is 12.6 Å². The number of carbonyl (C=O) groups excluding carboxylic acids is 1. The predicted octanol–water partition coefficient (Wildman–Crippen LogP) is 2.11. The maximum atomic E-state index is 13.1. The number of likely N-dealkylation sites (tertiary alicyclic amines) is 1. The summed E-state index contributed by atoms with van der Waals surface area (Å²) in [6.45, 7) is 4.41. The first kappa shape index (κ1) is 16.3. The number of hydrogen-bond acceptors (Lipinski definition) is 4. The van der Waals surface area contributed by atoms with Gasteiger partial charge in [0, 0.05) is 17.8 Å². The van der Waals surface area contributed by atoms with Gasteiger partial charge in [-0.25, -0.2) is 4.98 Å². The first-order valence-electron chi connectivity index (χ1n) is 9.19. The van der Waals surface area contributed by atoms with Gasteiger partial charge in [-0.15, -0.1) is 0 Å². The Morgan fingerprint density at radius 3 is 3.00 bits per heavy atom. The van der Waals surface area contributed by atoms with Crippen LogP contribution in [0.25, 0.3) is 0 Å². The van der Waals surface area contributed by atoms with Crippen molar-refractivity contribution in [2.24, 2.45) is 0 Å². The van der Waals surface area contributed by atoms with Gasteiger partial charge in [-0.1, -0.05) is 24.6 Å². The van der Waals surface area contributed by atoms with E-state index in [-0.39, 0.29) is 11.9 Å². The van der Waals surface area contributed by atoms with Gasteiger partial charge in [-0.05, 0) is 44.4 Å². The Bertz CT molecular complexity index is 729. The third-order valence-electron chi connectivity index (χ3n) is 5.43. The van der Waals surface area contributed by atoms with Crippen molar-refractivity contribution in [1.29, 1.82) is 0 Å². The number of fused-ring (bicyclic) bond motifs is 1. The highest BCUT2D eigenvalue weighted by Gasteiger charge is 2.33. The zero-order valence-corrected chi connectivity index (χ0v) is 14.7. The Hall–Kier alpha value is -2.21. The molecule has 3 heterocycles. The Labute approximate surface area is 148 Å². The molecular formula is C19H25N5O. The second-order valence-electron chi connectivity index (χ2n) is 7.18. The van der Waals surface area contributed by atoms with E-state index in [0.717, 1.165) is 38.0 Å². The second kappa shape index (κ2) is 6.96. The van der Waals surface area contributed by atoms with E-state index in [1.165, 1.54) is 12.0 Å². The third-order valence-corrected chi connectivity index (χ3v) is 5.43. The maximum Gasteiger partial charge on any atom is 0.241 e. The van der Waals surface area contributed by atoms with E-state index < -0.39 is 0 Å². The van der Waals surface area contributed by atoms with Crippen LogP contribution in [0.2, 0.25) is 0 Å². The van der Waals surface area contributed by atoms with Gasteiger partial charge in [0.1, 0.15) is 12.7 Å². The minimum atomic E-state index is 0.211. The Kier molecular flexibility index (Phi) is 4.53. The normalized spacial score (nSPS) is 23.6. The quantitative estimate of drug-likeness (QED) is 0.856. The fourth-order valence-electron chi connectivity index (χ4n) is 4.21. The van der Waals surface area contributed by atoms with Crippen LogP contribution in [-0.4, -0.2) is 50.7 Å². The van der Waals surface area contributed by atoms with Gasteiger partial charge < -0.3 is 4.90 Å². The van der Waals surface area contributed by atoms with E-state index >= 15 is 0 Å². The lowest BCUT2D eigenvalue weighted by molar-refractivity contribution is -0.121. The number of para-hydroxylation sites is 1. The number of anilines is 1. The molecule has 2 aliphatic heterocycles. The summed E-state index contributed by atoms with van der Waals surface area (Å²) in [6.07, 6.45) is 7.76. The standard InChI is InChI=1S/C19H25N5O/c1-15-10-16-6-2-3-8-18(16)24(15)19(25)12-22-9-5-4-7-17(22)11-23-14-20-13-21-23/h2-3,6,8,13-15,17H,4-5,7,9-12H2,1H3/t15-,17+/m0/s1. The molecule has 0 bridgehead atoms. The number of benzene rings is 1. The maximum absolute atomic E-state index is 13.1. The first-order chi connectivity index (χ1) is 12.2. The second-order valence-corrected chi connectivity index (χ2v) is 7.18. The highest BCUT2D eigenvalue weighted by atomic mass is 16.2. The molecule has 1 fully saturated rings. The van der Waals surface area contributed by atoms with E-state index in [4.69, 9.17) is 0 Å². The average molecular weight is 339 g/mol. The molecule has 2 aliphatic rings. The van der Waals surface area contributed by atoms with Crippen LogP contribution in [0.4, 0.5) is 5.69 Å². The monoisotopic (exact) mass is 339 g/mol.